The van der Waals surface area contributed by atoms with E-state index >= 15 is 0 Å². The summed E-state index contributed by atoms with van der Waals surface area (Å²) in [5, 5.41) is 2.84. The Morgan fingerprint density at radius 3 is 2.52 bits per heavy atom. The molecule has 1 unspecified atom stereocenters. The minimum Gasteiger partial charge on any atom is -0.497 e. The summed E-state index contributed by atoms with van der Waals surface area (Å²) in [6.45, 7) is 5.03. The number of hydrogen-bond donors (Lipinski definition) is 2. The summed E-state index contributed by atoms with van der Waals surface area (Å²) < 4.78 is 16.2. The number of imide groups is 1. The highest BCUT2D eigenvalue weighted by Crippen LogP contribution is 2.30. The Kier molecular flexibility index (Phi) is 6.70. The highest BCUT2D eigenvalue weighted by molar-refractivity contribution is 6.07. The molecule has 31 heavy (non-hydrogen) atoms. The number of nitrogens with zero attached hydrogens (tertiary/aromatic N) is 1. The third-order valence-electron chi connectivity index (χ3n) is 5.38. The minimum absolute atomic E-state index is 0.236. The van der Waals surface area contributed by atoms with Crippen molar-refractivity contribution in [2.24, 2.45) is 0 Å². The van der Waals surface area contributed by atoms with E-state index in [0.717, 1.165) is 10.5 Å². The lowest BCUT2D eigenvalue weighted by atomic mass is 9.92. The van der Waals surface area contributed by atoms with Crippen molar-refractivity contribution in [2.75, 3.05) is 34.5 Å². The fourth-order valence-corrected chi connectivity index (χ4v) is 3.74. The molecule has 1 fully saturated rings. The molecule has 2 aromatic carbocycles. The molecule has 1 heterocycles. The number of rotatable bonds is 9. The van der Waals surface area contributed by atoms with Crippen LogP contribution in [0.4, 0.5) is 4.79 Å². The molecular weight excluding hydrogens is 398 g/mol. The normalized spacial score (nSPS) is 19.2. The molecule has 0 saturated carbocycles. The van der Waals surface area contributed by atoms with E-state index in [9.17, 15) is 9.59 Å². The van der Waals surface area contributed by atoms with Crippen LogP contribution in [0.5, 0.6) is 17.2 Å². The standard InChI is InChI=1S/C23H29N3O5/c1-6-31-19-11-10-16(12-20(19)30-5)14-25(3)15-26-21(27)23(2,24-22(26)28)17-8-7-9-18(13-17)29-4/h7-13H,6,14-15H2,1-5H3,(H,24,28)/p+1/t23-/m1/s1. The van der Waals surface area contributed by atoms with Crippen LogP contribution >= 0.6 is 0 Å². The van der Waals surface area contributed by atoms with Gasteiger partial charge in [0.2, 0.25) is 0 Å². The van der Waals surface area contributed by atoms with Gasteiger partial charge in [-0.05, 0) is 49.7 Å². The Labute approximate surface area is 182 Å². The number of nitrogens with one attached hydrogen (secondary N) is 2. The zero-order valence-electron chi connectivity index (χ0n) is 18.7. The molecule has 2 N–H and O–H groups in total. The van der Waals surface area contributed by atoms with Crippen LogP contribution in [0.1, 0.15) is 25.0 Å². The van der Waals surface area contributed by atoms with Crippen LogP contribution in [0.3, 0.4) is 0 Å². The summed E-state index contributed by atoms with van der Waals surface area (Å²) in [6, 6.07) is 12.5. The Balaban J connectivity index is 1.72. The van der Waals surface area contributed by atoms with Gasteiger partial charge in [-0.3, -0.25) is 4.79 Å². The van der Waals surface area contributed by atoms with Gasteiger partial charge < -0.3 is 24.4 Å². The number of carbonyl (C=O) groups is 2. The van der Waals surface area contributed by atoms with E-state index in [1.54, 1.807) is 39.3 Å². The topological polar surface area (TPSA) is 81.5 Å². The molecule has 3 amide bonds. The Hall–Kier alpha value is -3.26. The highest BCUT2D eigenvalue weighted by Gasteiger charge is 2.50. The van der Waals surface area contributed by atoms with Gasteiger partial charge in [-0.2, -0.15) is 0 Å². The maximum atomic E-state index is 13.2. The van der Waals surface area contributed by atoms with Crippen LogP contribution < -0.4 is 24.4 Å². The van der Waals surface area contributed by atoms with E-state index in [-0.39, 0.29) is 12.6 Å². The first-order valence-corrected chi connectivity index (χ1v) is 10.2. The summed E-state index contributed by atoms with van der Waals surface area (Å²) in [7, 11) is 5.10. The lowest BCUT2D eigenvalue weighted by Crippen LogP contribution is -3.09. The zero-order valence-corrected chi connectivity index (χ0v) is 18.7. The molecule has 1 aliphatic rings. The van der Waals surface area contributed by atoms with E-state index < -0.39 is 11.6 Å². The molecule has 8 heteroatoms. The molecule has 2 aromatic rings. The largest absolute Gasteiger partial charge is 0.497 e. The quantitative estimate of drug-likeness (QED) is 0.593. The third-order valence-corrected chi connectivity index (χ3v) is 5.38. The highest BCUT2D eigenvalue weighted by atomic mass is 16.5. The first-order chi connectivity index (χ1) is 14.8. The van der Waals surface area contributed by atoms with Crippen LogP contribution in [0.25, 0.3) is 0 Å². The first-order valence-electron chi connectivity index (χ1n) is 10.2. The smallest absolute Gasteiger partial charge is 0.329 e. The van der Waals surface area contributed by atoms with Crippen molar-refractivity contribution >= 4 is 11.9 Å². The lowest BCUT2D eigenvalue weighted by Gasteiger charge is -2.24. The van der Waals surface area contributed by atoms with E-state index in [1.807, 2.05) is 38.2 Å². The van der Waals surface area contributed by atoms with Crippen molar-refractivity contribution in [2.45, 2.75) is 25.9 Å². The summed E-state index contributed by atoms with van der Waals surface area (Å²) in [5.41, 5.74) is 0.566. The van der Waals surface area contributed by atoms with E-state index in [4.69, 9.17) is 14.2 Å². The van der Waals surface area contributed by atoms with Crippen molar-refractivity contribution < 1.29 is 28.7 Å². The molecule has 0 aromatic heterocycles. The number of ether oxygens (including phenoxy) is 3. The van der Waals surface area contributed by atoms with Crippen LogP contribution in [0, 0.1) is 0 Å². The van der Waals surface area contributed by atoms with Gasteiger partial charge in [-0.25, -0.2) is 9.69 Å². The predicted molar refractivity (Wildman–Crippen MR) is 115 cm³/mol. The Morgan fingerprint density at radius 2 is 1.84 bits per heavy atom. The van der Waals surface area contributed by atoms with Gasteiger partial charge >= 0.3 is 6.03 Å². The second kappa shape index (κ2) is 9.26. The lowest BCUT2D eigenvalue weighted by molar-refractivity contribution is -0.901. The van der Waals surface area contributed by atoms with Crippen LogP contribution in [-0.2, 0) is 16.9 Å². The number of methoxy groups -OCH3 is 2. The number of amides is 3. The Bertz CT molecular complexity index is 964. The third kappa shape index (κ3) is 4.59. The number of hydrogen-bond acceptors (Lipinski definition) is 5. The number of quaternary nitrogens is 1. The molecule has 166 valence electrons. The van der Waals surface area contributed by atoms with E-state index in [1.165, 1.54) is 4.90 Å². The molecule has 0 aliphatic carbocycles. The second-order valence-electron chi connectivity index (χ2n) is 7.73. The van der Waals surface area contributed by atoms with Gasteiger partial charge in [0.05, 0.1) is 27.9 Å². The van der Waals surface area contributed by atoms with Crippen LogP contribution in [-0.4, -0.2) is 51.4 Å². The number of carbonyl (C=O) groups excluding carboxylic acids is 2. The van der Waals surface area contributed by atoms with E-state index in [0.29, 0.717) is 36.0 Å². The van der Waals surface area contributed by atoms with Crippen LogP contribution in [0.2, 0.25) is 0 Å². The minimum atomic E-state index is -1.13. The first kappa shape index (κ1) is 22.4. The van der Waals surface area contributed by atoms with Crippen LogP contribution in [0.15, 0.2) is 42.5 Å². The SMILES string of the molecule is CCOc1ccc(C[NH+](C)CN2C(=O)N[C@](C)(c3cccc(OC)c3)C2=O)cc1OC. The maximum absolute atomic E-state index is 13.2. The summed E-state index contributed by atoms with van der Waals surface area (Å²) in [6.07, 6.45) is 0. The van der Waals surface area contributed by atoms with Crippen molar-refractivity contribution in [3.8, 4) is 17.2 Å². The van der Waals surface area contributed by atoms with E-state index in [2.05, 4.69) is 5.32 Å². The summed E-state index contributed by atoms with van der Waals surface area (Å²) in [4.78, 5) is 28.1. The Morgan fingerprint density at radius 1 is 1.06 bits per heavy atom. The molecule has 3 rings (SSSR count). The van der Waals surface area contributed by atoms with Gasteiger partial charge in [-0.1, -0.05) is 12.1 Å². The maximum Gasteiger partial charge on any atom is 0.329 e. The van der Waals surface area contributed by atoms with Crippen molar-refractivity contribution in [1.29, 1.82) is 0 Å². The number of urea groups is 1. The summed E-state index contributed by atoms with van der Waals surface area (Å²) >= 11 is 0. The fraction of sp³-hybridized carbons (Fsp3) is 0.391. The average molecular weight is 429 g/mol. The molecule has 2 atom stereocenters. The van der Waals surface area contributed by atoms with Gasteiger partial charge in [0.1, 0.15) is 17.8 Å². The van der Waals surface area contributed by atoms with Crippen molar-refractivity contribution in [3.63, 3.8) is 0 Å². The molecule has 0 spiro atoms. The van der Waals surface area contributed by atoms with Crippen molar-refractivity contribution in [1.82, 2.24) is 10.2 Å². The molecule has 1 saturated heterocycles. The molecule has 1 aliphatic heterocycles. The van der Waals surface area contributed by atoms with Gasteiger partial charge in [0.25, 0.3) is 5.91 Å². The molecular formula is C23H30N3O5+. The second-order valence-corrected chi connectivity index (χ2v) is 7.73. The molecule has 8 nitrogen and oxygen atoms in total. The summed E-state index contributed by atoms with van der Waals surface area (Å²) in [5.74, 6) is 1.70. The van der Waals surface area contributed by atoms with Gasteiger partial charge in [-0.15, -0.1) is 0 Å². The predicted octanol–water partition coefficient (Wildman–Crippen LogP) is 1.54. The zero-order chi connectivity index (χ0) is 22.6. The molecule has 0 radical (unpaired) electrons. The number of benzene rings is 2. The fourth-order valence-electron chi connectivity index (χ4n) is 3.74. The average Bonchev–Trinajstić information content (AvgIpc) is 2.98. The van der Waals surface area contributed by atoms with Gasteiger partial charge in [0, 0.05) is 5.56 Å². The van der Waals surface area contributed by atoms with Gasteiger partial charge in [0.15, 0.2) is 18.2 Å². The monoisotopic (exact) mass is 428 g/mol. The van der Waals surface area contributed by atoms with Crippen molar-refractivity contribution in [3.05, 3.63) is 53.6 Å². The molecule has 0 bridgehead atoms.